The summed E-state index contributed by atoms with van der Waals surface area (Å²) in [5, 5.41) is 0. The van der Waals surface area contributed by atoms with Crippen molar-refractivity contribution in [3.63, 3.8) is 0 Å². The second-order valence-corrected chi connectivity index (χ2v) is 18.5. The first-order valence-electron chi connectivity index (χ1n) is 10.5. The predicted molar refractivity (Wildman–Crippen MR) is 124 cm³/mol. The second kappa shape index (κ2) is 15.7. The molecular formula is C20H49CoN3Si2+. The van der Waals surface area contributed by atoms with E-state index in [0.717, 1.165) is 6.54 Å². The Morgan fingerprint density at radius 2 is 1.23 bits per heavy atom. The Morgan fingerprint density at radius 1 is 0.808 bits per heavy atom. The van der Waals surface area contributed by atoms with Gasteiger partial charge in [-0.3, -0.25) is 0 Å². The smallest absolute Gasteiger partial charge is 0.665 e. The summed E-state index contributed by atoms with van der Waals surface area (Å²) in [4.78, 5) is 12.2. The van der Waals surface area contributed by atoms with Crippen molar-refractivity contribution in [1.29, 1.82) is 0 Å². The Labute approximate surface area is 179 Å². The quantitative estimate of drug-likeness (QED) is 0.246. The average Bonchev–Trinajstić information content (AvgIpc) is 2.51. The van der Waals surface area contributed by atoms with Crippen molar-refractivity contribution in [2.75, 3.05) is 26.2 Å². The predicted octanol–water partition coefficient (Wildman–Crippen LogP) is 7.09. The van der Waals surface area contributed by atoms with Crippen LogP contribution >= 0.6 is 0 Å². The molecule has 0 radical (unpaired) electrons. The molecule has 3 nitrogen and oxygen atoms in total. The molecule has 0 atom stereocenters. The van der Waals surface area contributed by atoms with Crippen LogP contribution in [0.1, 0.15) is 61.8 Å². The molecule has 0 N–H and O–H groups in total. The van der Waals surface area contributed by atoms with Gasteiger partial charge in [0.25, 0.3) is 0 Å². The molecule has 0 heterocycles. The molecule has 0 aliphatic carbocycles. The van der Waals surface area contributed by atoms with E-state index < -0.39 is 16.5 Å². The van der Waals surface area contributed by atoms with Crippen molar-refractivity contribution in [3.05, 3.63) is 9.96 Å². The van der Waals surface area contributed by atoms with Gasteiger partial charge in [0, 0.05) is 0 Å². The fourth-order valence-electron chi connectivity index (χ4n) is 2.95. The number of hydrogen-bond donors (Lipinski definition) is 0. The molecule has 0 spiro atoms. The van der Waals surface area contributed by atoms with E-state index in [0.29, 0.717) is 0 Å². The van der Waals surface area contributed by atoms with Gasteiger partial charge in [0.15, 0.2) is 0 Å². The molecule has 6 heteroatoms. The molecular weight excluding hydrogens is 397 g/mol. The van der Waals surface area contributed by atoms with E-state index in [2.05, 4.69) is 79.9 Å². The minimum absolute atomic E-state index is 0. The normalized spacial score (nSPS) is 12.5. The van der Waals surface area contributed by atoms with Gasteiger partial charge in [0.2, 0.25) is 0 Å². The third-order valence-corrected chi connectivity index (χ3v) is 10.9. The Morgan fingerprint density at radius 3 is 1.46 bits per heavy atom. The number of hydrogen-bond acceptors (Lipinski definition) is 1. The molecule has 0 aliphatic rings. The fraction of sp³-hybridized carbons (Fsp3) is 1.00. The molecule has 0 saturated carbocycles. The zero-order chi connectivity index (χ0) is 20.1. The van der Waals surface area contributed by atoms with E-state index in [-0.39, 0.29) is 22.3 Å². The van der Waals surface area contributed by atoms with E-state index in [1.807, 2.05) is 0 Å². The summed E-state index contributed by atoms with van der Waals surface area (Å²) in [6.07, 6.45) is 1.23. The van der Waals surface area contributed by atoms with E-state index in [9.17, 15) is 0 Å². The second-order valence-electron chi connectivity index (χ2n) is 9.00. The number of nitrogens with zero attached hydrogens (tertiary/aromatic N) is 3. The minimum Gasteiger partial charge on any atom is -0.665 e. The van der Waals surface area contributed by atoms with Crippen molar-refractivity contribution in [2.24, 2.45) is 0 Å². The van der Waals surface area contributed by atoms with Crippen LogP contribution in [0.5, 0.6) is 0 Å². The summed E-state index contributed by atoms with van der Waals surface area (Å²) >= 11 is 0. The largest absolute Gasteiger partial charge is 3.00 e. The van der Waals surface area contributed by atoms with Crippen LogP contribution in [-0.4, -0.2) is 53.1 Å². The van der Waals surface area contributed by atoms with Gasteiger partial charge in [0.05, 0.1) is 0 Å². The Balaban J connectivity index is -0.000000393. The molecule has 0 fully saturated rings. The first-order valence-corrected chi connectivity index (χ1v) is 16.5. The van der Waals surface area contributed by atoms with Crippen LogP contribution in [0.25, 0.3) is 9.96 Å². The van der Waals surface area contributed by atoms with E-state index in [4.69, 9.17) is 9.96 Å². The molecule has 0 aromatic heterocycles. The maximum atomic E-state index is 5.03. The molecule has 0 saturated heterocycles. The van der Waals surface area contributed by atoms with Crippen LogP contribution in [0.2, 0.25) is 37.8 Å². The molecule has 160 valence electrons. The van der Waals surface area contributed by atoms with Gasteiger partial charge in [-0.1, -0.05) is 116 Å². The Kier molecular flexibility index (Phi) is 19.0. The van der Waals surface area contributed by atoms with Gasteiger partial charge < -0.3 is 14.9 Å². The Bertz CT molecular complexity index is 299. The van der Waals surface area contributed by atoms with Crippen molar-refractivity contribution in [1.82, 2.24) is 4.90 Å². The molecule has 26 heavy (non-hydrogen) atoms. The van der Waals surface area contributed by atoms with Crippen molar-refractivity contribution < 1.29 is 16.8 Å². The van der Waals surface area contributed by atoms with E-state index in [1.165, 1.54) is 44.2 Å². The summed E-state index contributed by atoms with van der Waals surface area (Å²) in [5.41, 5.74) is 0.175. The van der Waals surface area contributed by atoms with Gasteiger partial charge in [-0.15, -0.1) is 12.1 Å². The third kappa shape index (κ3) is 18.2. The molecule has 0 aliphatic heterocycles. The van der Waals surface area contributed by atoms with E-state index >= 15 is 0 Å². The monoisotopic (exact) mass is 446 g/mol. The standard InChI is InChI=1S/C10H25N2Si.C10H24NSi.Co/c1-6-12(7-2)10-8-9-11-13(3,4)5;1-7-12(8-2,9-3)11-10(4,5)6;/h6-10H2,1-5H3;7-9H2,1-6H3;/q2*-1;+3. The van der Waals surface area contributed by atoms with Gasteiger partial charge in [-0.2, -0.15) is 0 Å². The SMILES string of the molecule is CCN(CC)CCC[N-][Si](C)(C)C.CC[Si](CC)(CC)[N-]C(C)(C)C.[Co+3]. The van der Waals surface area contributed by atoms with Gasteiger partial charge >= 0.3 is 16.8 Å². The molecule has 0 aromatic rings. The van der Waals surface area contributed by atoms with Gasteiger partial charge in [0.1, 0.15) is 0 Å². The Hall–Kier alpha value is 0.820. The summed E-state index contributed by atoms with van der Waals surface area (Å²) in [6, 6.07) is 3.91. The average molecular weight is 447 g/mol. The fourth-order valence-corrected chi connectivity index (χ4v) is 7.17. The van der Waals surface area contributed by atoms with Gasteiger partial charge in [-0.05, 0) is 19.6 Å². The summed E-state index contributed by atoms with van der Waals surface area (Å²) in [6.45, 7) is 29.5. The zero-order valence-corrected chi connectivity index (χ0v) is 22.9. The topological polar surface area (TPSA) is 31.4 Å². The molecule has 0 amide bonds. The van der Waals surface area contributed by atoms with Crippen LogP contribution in [-0.2, 0) is 16.8 Å². The van der Waals surface area contributed by atoms with Crippen molar-refractivity contribution in [3.8, 4) is 0 Å². The first-order chi connectivity index (χ1) is 11.4. The zero-order valence-electron chi connectivity index (χ0n) is 19.8. The third-order valence-electron chi connectivity index (χ3n) is 4.66. The summed E-state index contributed by atoms with van der Waals surface area (Å²) in [7, 11) is -2.37. The maximum Gasteiger partial charge on any atom is 3.00 e. The summed E-state index contributed by atoms with van der Waals surface area (Å²) < 4.78 is 0. The maximum absolute atomic E-state index is 5.03. The molecule has 0 rings (SSSR count). The van der Waals surface area contributed by atoms with E-state index in [1.54, 1.807) is 0 Å². The van der Waals surface area contributed by atoms with Crippen LogP contribution in [0.15, 0.2) is 0 Å². The van der Waals surface area contributed by atoms with Crippen molar-refractivity contribution >= 4 is 16.5 Å². The van der Waals surface area contributed by atoms with Crippen LogP contribution < -0.4 is 0 Å². The van der Waals surface area contributed by atoms with Crippen molar-refractivity contribution in [2.45, 2.75) is 105 Å². The minimum atomic E-state index is -1.23. The first kappa shape index (κ1) is 31.5. The molecule has 0 aromatic carbocycles. The van der Waals surface area contributed by atoms with Crippen LogP contribution in [0.3, 0.4) is 0 Å². The number of rotatable bonds is 11. The van der Waals surface area contributed by atoms with Crippen LogP contribution in [0, 0.1) is 0 Å². The van der Waals surface area contributed by atoms with Crippen LogP contribution in [0.4, 0.5) is 0 Å². The molecule has 0 bridgehead atoms. The van der Waals surface area contributed by atoms with Gasteiger partial charge in [-0.25, -0.2) is 0 Å². The molecule has 0 unspecified atom stereocenters. The summed E-state index contributed by atoms with van der Waals surface area (Å²) in [5.74, 6) is 0.